The molecular weight excluding hydrogens is 354 g/mol. The van der Waals surface area contributed by atoms with E-state index in [0.29, 0.717) is 5.70 Å². The summed E-state index contributed by atoms with van der Waals surface area (Å²) in [5, 5.41) is 0. The van der Waals surface area contributed by atoms with Crippen LogP contribution < -0.4 is 0 Å². The quantitative estimate of drug-likeness (QED) is 0.306. The number of esters is 1. The van der Waals surface area contributed by atoms with Crippen molar-refractivity contribution in [1.82, 2.24) is 4.90 Å². The van der Waals surface area contributed by atoms with E-state index in [1.54, 1.807) is 11.0 Å². The number of hydrogen-bond acceptors (Lipinski definition) is 5. The molecule has 0 saturated carbocycles. The Balaban J connectivity index is 1.85. The van der Waals surface area contributed by atoms with Gasteiger partial charge in [0.15, 0.2) is 8.32 Å². The summed E-state index contributed by atoms with van der Waals surface area (Å²) < 4.78 is 11.5. The van der Waals surface area contributed by atoms with Gasteiger partial charge in [-0.15, -0.1) is 0 Å². The molecule has 3 rings (SSSR count). The molecule has 0 aromatic rings. The molecular formula is C18H27NO4SSi. The second-order valence-electron chi connectivity index (χ2n) is 7.85. The molecule has 3 heterocycles. The molecule has 5 nitrogen and oxygen atoms in total. The SMILES string of the molecule is C=CCOC(=O)C1=C2CCSC[C@H]2[C@@H]2[C@@H]([C@@H](C)O[Si](C)(C)C)C(=O)N12. The minimum atomic E-state index is -1.73. The van der Waals surface area contributed by atoms with Gasteiger partial charge in [-0.25, -0.2) is 4.79 Å². The zero-order valence-corrected chi connectivity index (χ0v) is 17.2. The molecule has 4 atom stereocenters. The summed E-state index contributed by atoms with van der Waals surface area (Å²) >= 11 is 1.90. The van der Waals surface area contributed by atoms with Crippen LogP contribution in [0.4, 0.5) is 0 Å². The van der Waals surface area contributed by atoms with Crippen molar-refractivity contribution >= 4 is 32.0 Å². The lowest BCUT2D eigenvalue weighted by atomic mass is 9.77. The van der Waals surface area contributed by atoms with Crippen molar-refractivity contribution in [2.24, 2.45) is 11.8 Å². The van der Waals surface area contributed by atoms with Crippen molar-refractivity contribution in [3.8, 4) is 0 Å². The minimum absolute atomic E-state index is 0.00760. The first-order valence-corrected chi connectivity index (χ1v) is 13.4. The van der Waals surface area contributed by atoms with Gasteiger partial charge in [0.25, 0.3) is 0 Å². The number of carbonyl (C=O) groups is 2. The number of thioether (sulfide) groups is 1. The summed E-state index contributed by atoms with van der Waals surface area (Å²) in [6.07, 6.45) is 2.29. The molecule has 2 fully saturated rings. The van der Waals surface area contributed by atoms with E-state index in [2.05, 4.69) is 26.2 Å². The molecule has 25 heavy (non-hydrogen) atoms. The van der Waals surface area contributed by atoms with Gasteiger partial charge in [0, 0.05) is 11.7 Å². The van der Waals surface area contributed by atoms with E-state index in [4.69, 9.17) is 9.16 Å². The smallest absolute Gasteiger partial charge is 0.355 e. The van der Waals surface area contributed by atoms with E-state index in [1.165, 1.54) is 0 Å². The number of fused-ring (bicyclic) bond motifs is 3. The predicted octanol–water partition coefficient (Wildman–Crippen LogP) is 2.80. The van der Waals surface area contributed by atoms with Gasteiger partial charge in [-0.2, -0.15) is 11.8 Å². The summed E-state index contributed by atoms with van der Waals surface area (Å²) in [5.74, 6) is 1.66. The molecule has 1 amide bonds. The number of amides is 1. The molecule has 0 radical (unpaired) electrons. The fraction of sp³-hybridized carbons (Fsp3) is 0.667. The van der Waals surface area contributed by atoms with Crippen LogP contribution in [-0.4, -0.2) is 55.4 Å². The van der Waals surface area contributed by atoms with Gasteiger partial charge < -0.3 is 14.1 Å². The Kier molecular flexibility index (Phi) is 5.19. The molecule has 3 aliphatic heterocycles. The molecule has 0 bridgehead atoms. The Morgan fingerprint density at radius 3 is 2.84 bits per heavy atom. The van der Waals surface area contributed by atoms with Crippen LogP contribution in [0.1, 0.15) is 13.3 Å². The first-order valence-electron chi connectivity index (χ1n) is 8.86. The Bertz CT molecular complexity index is 627. The molecule has 0 aliphatic carbocycles. The van der Waals surface area contributed by atoms with Gasteiger partial charge in [-0.3, -0.25) is 4.79 Å². The van der Waals surface area contributed by atoms with Crippen LogP contribution in [0.2, 0.25) is 19.6 Å². The van der Waals surface area contributed by atoms with Crippen molar-refractivity contribution in [1.29, 1.82) is 0 Å². The summed E-state index contributed by atoms with van der Waals surface area (Å²) in [6.45, 7) is 12.2. The fourth-order valence-electron chi connectivity index (χ4n) is 4.20. The van der Waals surface area contributed by atoms with Crippen molar-refractivity contribution in [3.05, 3.63) is 23.9 Å². The molecule has 0 aromatic carbocycles. The molecule has 7 heteroatoms. The first kappa shape index (κ1) is 18.7. The number of hydrogen-bond donors (Lipinski definition) is 0. The Morgan fingerprint density at radius 2 is 2.20 bits per heavy atom. The van der Waals surface area contributed by atoms with Crippen molar-refractivity contribution in [3.63, 3.8) is 0 Å². The highest BCUT2D eigenvalue weighted by atomic mass is 32.2. The first-order chi connectivity index (χ1) is 11.8. The number of ether oxygens (including phenoxy) is 1. The average Bonchev–Trinajstić information content (AvgIpc) is 2.82. The van der Waals surface area contributed by atoms with Gasteiger partial charge >= 0.3 is 5.97 Å². The van der Waals surface area contributed by atoms with Gasteiger partial charge in [-0.1, -0.05) is 12.7 Å². The summed E-state index contributed by atoms with van der Waals surface area (Å²) in [7, 11) is -1.73. The number of nitrogens with zero attached hydrogens (tertiary/aromatic N) is 1. The van der Waals surface area contributed by atoms with Crippen LogP contribution in [0, 0.1) is 11.8 Å². The maximum atomic E-state index is 12.9. The molecule has 138 valence electrons. The van der Waals surface area contributed by atoms with Crippen LogP contribution >= 0.6 is 11.8 Å². The largest absolute Gasteiger partial charge is 0.457 e. The van der Waals surface area contributed by atoms with Gasteiger partial charge in [-0.05, 0) is 44.3 Å². The van der Waals surface area contributed by atoms with Gasteiger partial charge in [0.2, 0.25) is 5.91 Å². The van der Waals surface area contributed by atoms with Gasteiger partial charge in [0.05, 0.1) is 18.1 Å². The fourth-order valence-corrected chi connectivity index (χ4v) is 6.64. The standard InChI is InChI=1S/C18H27NO4SSi/c1-6-8-22-18(21)16-12-7-9-24-10-13(12)15-14(17(20)19(15)16)11(2)23-25(3,4)5/h6,11,13-15H,1,7-10H2,2-5H3/t11-,13-,14-,15-/m1/s1. The normalized spacial score (nSPS) is 29.7. The van der Waals surface area contributed by atoms with Crippen LogP contribution in [0.15, 0.2) is 23.9 Å². The maximum absolute atomic E-state index is 12.9. The topological polar surface area (TPSA) is 55.8 Å². The van der Waals surface area contributed by atoms with Crippen LogP contribution in [0.5, 0.6) is 0 Å². The molecule has 0 spiro atoms. The maximum Gasteiger partial charge on any atom is 0.355 e. The number of rotatable bonds is 6. The monoisotopic (exact) mass is 381 g/mol. The molecule has 0 N–H and O–H groups in total. The highest BCUT2D eigenvalue weighted by Gasteiger charge is 2.61. The van der Waals surface area contributed by atoms with Crippen molar-refractivity contribution < 1.29 is 18.8 Å². The summed E-state index contributed by atoms with van der Waals surface area (Å²) in [5.41, 5.74) is 1.60. The van der Waals surface area contributed by atoms with Crippen LogP contribution in [-0.2, 0) is 18.8 Å². The molecule has 2 saturated heterocycles. The lowest BCUT2D eigenvalue weighted by Crippen LogP contribution is -2.65. The van der Waals surface area contributed by atoms with Crippen LogP contribution in [0.3, 0.4) is 0 Å². The summed E-state index contributed by atoms with van der Waals surface area (Å²) in [4.78, 5) is 27.1. The van der Waals surface area contributed by atoms with Crippen molar-refractivity contribution in [2.45, 2.75) is 45.1 Å². The molecule has 0 aromatic heterocycles. The zero-order valence-electron chi connectivity index (χ0n) is 15.4. The van der Waals surface area contributed by atoms with Crippen molar-refractivity contribution in [2.75, 3.05) is 18.1 Å². The third-order valence-corrected chi connectivity index (χ3v) is 7.14. The van der Waals surface area contributed by atoms with E-state index < -0.39 is 8.32 Å². The highest BCUT2D eigenvalue weighted by Crippen LogP contribution is 2.51. The Morgan fingerprint density at radius 1 is 1.48 bits per heavy atom. The van der Waals surface area contributed by atoms with Crippen LogP contribution in [0.25, 0.3) is 0 Å². The lowest BCUT2D eigenvalue weighted by Gasteiger charge is -2.49. The van der Waals surface area contributed by atoms with E-state index in [0.717, 1.165) is 23.5 Å². The van der Waals surface area contributed by atoms with E-state index in [9.17, 15) is 9.59 Å². The second kappa shape index (κ2) is 6.93. The van der Waals surface area contributed by atoms with E-state index >= 15 is 0 Å². The summed E-state index contributed by atoms with van der Waals surface area (Å²) in [6, 6.07) is 0.0490. The average molecular weight is 382 g/mol. The Hall–Kier alpha value is -1.05. The number of β-lactam (4-membered cyclic amide) rings is 1. The molecule has 0 unspecified atom stereocenters. The molecule has 3 aliphatic rings. The van der Waals surface area contributed by atoms with E-state index in [1.807, 2.05) is 18.7 Å². The van der Waals surface area contributed by atoms with E-state index in [-0.39, 0.29) is 42.5 Å². The number of carbonyl (C=O) groups excluding carboxylic acids is 2. The third kappa shape index (κ3) is 3.33. The third-order valence-electron chi connectivity index (χ3n) is 4.98. The lowest BCUT2D eigenvalue weighted by molar-refractivity contribution is -0.163. The predicted molar refractivity (Wildman–Crippen MR) is 102 cm³/mol. The highest BCUT2D eigenvalue weighted by molar-refractivity contribution is 7.99. The Labute approximate surface area is 154 Å². The zero-order chi connectivity index (χ0) is 18.4. The minimum Gasteiger partial charge on any atom is -0.457 e. The van der Waals surface area contributed by atoms with Gasteiger partial charge in [0.1, 0.15) is 12.3 Å². The second-order valence-corrected chi connectivity index (χ2v) is 13.5.